The largest absolute Gasteiger partial charge is 0.496 e. The van der Waals surface area contributed by atoms with E-state index >= 15 is 0 Å². The number of nitrogens with two attached hydrogens (primary N) is 1. The third kappa shape index (κ3) is 4.67. The van der Waals surface area contributed by atoms with Crippen LogP contribution in [0.2, 0.25) is 0 Å². The lowest BCUT2D eigenvalue weighted by Crippen LogP contribution is -2.01. The van der Waals surface area contributed by atoms with Crippen LogP contribution in [0.4, 0.5) is 5.95 Å². The maximum absolute atomic E-state index is 5.98. The summed E-state index contributed by atoms with van der Waals surface area (Å²) in [5.41, 5.74) is 10.8. The summed E-state index contributed by atoms with van der Waals surface area (Å²) in [5.74, 6) is 1.97. The summed E-state index contributed by atoms with van der Waals surface area (Å²) in [5, 5.41) is 4.36. The number of rotatable bonds is 6. The first-order valence-corrected chi connectivity index (χ1v) is 8.68. The lowest BCUT2D eigenvalue weighted by Gasteiger charge is -2.12. The summed E-state index contributed by atoms with van der Waals surface area (Å²) in [6.45, 7) is 6.39. The molecule has 27 heavy (non-hydrogen) atoms. The van der Waals surface area contributed by atoms with Crippen molar-refractivity contribution in [3.05, 3.63) is 70.5 Å². The Kier molecular flexibility index (Phi) is 5.45. The minimum Gasteiger partial charge on any atom is -0.496 e. The van der Waals surface area contributed by atoms with Gasteiger partial charge in [-0.1, -0.05) is 6.07 Å². The van der Waals surface area contributed by atoms with Crippen LogP contribution in [0.15, 0.2) is 47.7 Å². The molecule has 6 heteroatoms. The van der Waals surface area contributed by atoms with Crippen LogP contribution in [0, 0.1) is 20.8 Å². The van der Waals surface area contributed by atoms with Crippen LogP contribution in [0.3, 0.4) is 0 Å². The fourth-order valence-electron chi connectivity index (χ4n) is 2.89. The summed E-state index contributed by atoms with van der Waals surface area (Å²) < 4.78 is 13.0. The second-order valence-corrected chi connectivity index (χ2v) is 6.51. The average Bonchev–Trinajstić information content (AvgIpc) is 2.94. The Morgan fingerprint density at radius 2 is 1.85 bits per heavy atom. The monoisotopic (exact) mass is 364 g/mol. The molecule has 0 amide bonds. The van der Waals surface area contributed by atoms with Crippen molar-refractivity contribution in [2.75, 3.05) is 12.8 Å². The number of aryl methyl sites for hydroxylation is 3. The first kappa shape index (κ1) is 18.5. The number of aromatic nitrogens is 2. The van der Waals surface area contributed by atoms with E-state index in [1.165, 1.54) is 11.1 Å². The predicted octanol–water partition coefficient (Wildman–Crippen LogP) is 3.86. The highest BCUT2D eigenvalue weighted by Gasteiger charge is 2.06. The number of hydrogen-bond acceptors (Lipinski definition) is 5. The number of nitrogens with zero attached hydrogens (tertiary/aromatic N) is 3. The molecule has 3 rings (SSSR count). The molecule has 2 aromatic carbocycles. The third-order valence-electron chi connectivity index (χ3n) is 4.06. The van der Waals surface area contributed by atoms with E-state index in [2.05, 4.69) is 30.0 Å². The number of methoxy groups -OCH3 is 1. The van der Waals surface area contributed by atoms with Gasteiger partial charge < -0.3 is 15.2 Å². The van der Waals surface area contributed by atoms with E-state index in [9.17, 15) is 0 Å². The zero-order valence-corrected chi connectivity index (χ0v) is 16.1. The number of nitrogen functional groups attached to an aromatic ring is 1. The van der Waals surface area contributed by atoms with Crippen molar-refractivity contribution in [1.29, 1.82) is 0 Å². The van der Waals surface area contributed by atoms with Crippen LogP contribution < -0.4 is 15.2 Å². The van der Waals surface area contributed by atoms with E-state index in [0.717, 1.165) is 28.3 Å². The Balaban J connectivity index is 1.79. The van der Waals surface area contributed by atoms with Gasteiger partial charge >= 0.3 is 0 Å². The van der Waals surface area contributed by atoms with E-state index in [1.54, 1.807) is 24.2 Å². The van der Waals surface area contributed by atoms with Crippen molar-refractivity contribution in [3.63, 3.8) is 0 Å². The second kappa shape index (κ2) is 7.95. The standard InChI is InChI=1S/C21H24N4O2/c1-14-7-15(2)9-19(8-14)27-13-18-10-17(5-6-20(18)26-4)11-23-25-12-16(3)24-21(25)22/h5-12H,13H2,1-4H3,(H2,22,24). The Hall–Kier alpha value is -3.28. The SMILES string of the molecule is COc1ccc(C=Nn2cc(C)nc2N)cc1COc1cc(C)cc(C)c1. The Bertz CT molecular complexity index is 956. The molecule has 6 nitrogen and oxygen atoms in total. The maximum atomic E-state index is 5.98. The molecular formula is C21H24N4O2. The van der Waals surface area contributed by atoms with Crippen molar-refractivity contribution in [2.24, 2.45) is 5.10 Å². The van der Waals surface area contributed by atoms with E-state index in [1.807, 2.05) is 37.3 Å². The fourth-order valence-corrected chi connectivity index (χ4v) is 2.89. The summed E-state index contributed by atoms with van der Waals surface area (Å²) in [6.07, 6.45) is 3.51. The molecule has 0 spiro atoms. The second-order valence-electron chi connectivity index (χ2n) is 6.51. The third-order valence-corrected chi connectivity index (χ3v) is 4.06. The van der Waals surface area contributed by atoms with Gasteiger partial charge in [-0.15, -0.1) is 0 Å². The van der Waals surface area contributed by atoms with Crippen molar-refractivity contribution < 1.29 is 9.47 Å². The number of imidazole rings is 1. The van der Waals surface area contributed by atoms with Gasteiger partial charge in [0, 0.05) is 5.56 Å². The molecule has 0 saturated carbocycles. The number of anilines is 1. The average molecular weight is 364 g/mol. The van der Waals surface area contributed by atoms with Crippen LogP contribution in [0.1, 0.15) is 27.9 Å². The maximum Gasteiger partial charge on any atom is 0.221 e. The first-order chi connectivity index (χ1) is 12.9. The van der Waals surface area contributed by atoms with Crippen molar-refractivity contribution >= 4 is 12.2 Å². The molecule has 0 bridgehead atoms. The molecule has 0 radical (unpaired) electrons. The molecule has 0 unspecified atom stereocenters. The van der Waals surface area contributed by atoms with Gasteiger partial charge in [-0.2, -0.15) is 5.10 Å². The summed E-state index contributed by atoms with van der Waals surface area (Å²) in [6, 6.07) is 12.0. The Morgan fingerprint density at radius 1 is 1.11 bits per heavy atom. The molecular weight excluding hydrogens is 340 g/mol. The molecule has 0 saturated heterocycles. The van der Waals surface area contributed by atoms with Gasteiger partial charge in [-0.05, 0) is 67.8 Å². The smallest absolute Gasteiger partial charge is 0.221 e. The fraction of sp³-hybridized carbons (Fsp3) is 0.238. The molecule has 0 aliphatic carbocycles. The number of ether oxygens (including phenoxy) is 2. The molecule has 1 heterocycles. The van der Waals surface area contributed by atoms with Gasteiger partial charge in [0.15, 0.2) is 0 Å². The van der Waals surface area contributed by atoms with Crippen molar-refractivity contribution in [3.8, 4) is 11.5 Å². The van der Waals surface area contributed by atoms with Gasteiger partial charge in [0.25, 0.3) is 0 Å². The van der Waals surface area contributed by atoms with Gasteiger partial charge in [-0.25, -0.2) is 9.66 Å². The Morgan fingerprint density at radius 3 is 2.48 bits per heavy atom. The van der Waals surface area contributed by atoms with Gasteiger partial charge in [0.1, 0.15) is 18.1 Å². The minimum atomic E-state index is 0.357. The topological polar surface area (TPSA) is 74.7 Å². The van der Waals surface area contributed by atoms with Crippen molar-refractivity contribution in [2.45, 2.75) is 27.4 Å². The van der Waals surface area contributed by atoms with Crippen LogP contribution in [0.5, 0.6) is 11.5 Å². The highest BCUT2D eigenvalue weighted by molar-refractivity contribution is 5.80. The zero-order chi connectivity index (χ0) is 19.4. The number of hydrogen-bond donors (Lipinski definition) is 1. The van der Waals surface area contributed by atoms with Gasteiger partial charge in [0.05, 0.1) is 25.2 Å². The van der Waals surface area contributed by atoms with Gasteiger partial charge in [-0.3, -0.25) is 0 Å². The molecule has 140 valence electrons. The number of benzene rings is 2. The molecule has 1 aromatic heterocycles. The van der Waals surface area contributed by atoms with E-state index in [0.29, 0.717) is 12.6 Å². The minimum absolute atomic E-state index is 0.357. The quantitative estimate of drug-likeness (QED) is 0.674. The zero-order valence-electron chi connectivity index (χ0n) is 16.1. The Labute approximate surface area is 159 Å². The summed E-state index contributed by atoms with van der Waals surface area (Å²) in [4.78, 5) is 4.13. The molecule has 0 atom stereocenters. The van der Waals surface area contributed by atoms with Crippen LogP contribution in [-0.4, -0.2) is 23.0 Å². The molecule has 2 N–H and O–H groups in total. The van der Waals surface area contributed by atoms with Crippen LogP contribution >= 0.6 is 0 Å². The lowest BCUT2D eigenvalue weighted by molar-refractivity contribution is 0.296. The lowest BCUT2D eigenvalue weighted by atomic mass is 10.1. The summed E-state index contributed by atoms with van der Waals surface area (Å²) >= 11 is 0. The van der Waals surface area contributed by atoms with E-state index < -0.39 is 0 Å². The first-order valence-electron chi connectivity index (χ1n) is 8.68. The van der Waals surface area contributed by atoms with Crippen LogP contribution in [0.25, 0.3) is 0 Å². The molecule has 3 aromatic rings. The molecule has 0 fully saturated rings. The van der Waals surface area contributed by atoms with E-state index in [4.69, 9.17) is 15.2 Å². The molecule has 0 aliphatic rings. The molecule has 0 aliphatic heterocycles. The normalized spacial score (nSPS) is 11.1. The highest BCUT2D eigenvalue weighted by Crippen LogP contribution is 2.23. The van der Waals surface area contributed by atoms with E-state index in [-0.39, 0.29) is 0 Å². The predicted molar refractivity (Wildman–Crippen MR) is 108 cm³/mol. The van der Waals surface area contributed by atoms with Gasteiger partial charge in [0.2, 0.25) is 5.95 Å². The van der Waals surface area contributed by atoms with Crippen LogP contribution in [-0.2, 0) is 6.61 Å². The summed E-state index contributed by atoms with van der Waals surface area (Å²) in [7, 11) is 1.65. The van der Waals surface area contributed by atoms with Crippen molar-refractivity contribution in [1.82, 2.24) is 9.66 Å². The highest BCUT2D eigenvalue weighted by atomic mass is 16.5.